The first-order valence-corrected chi connectivity index (χ1v) is 4.60. The fourth-order valence-electron chi connectivity index (χ4n) is 0.831. The zero-order valence-electron chi connectivity index (χ0n) is 9.20. The van der Waals surface area contributed by atoms with E-state index in [1.807, 2.05) is 17.8 Å². The molecule has 0 radical (unpaired) electrons. The molecule has 0 unspecified atom stereocenters. The highest BCUT2D eigenvalue weighted by molar-refractivity contribution is 5.89. The lowest BCUT2D eigenvalue weighted by molar-refractivity contribution is -0.671. The number of aryl methyl sites for hydroxylation is 2. The summed E-state index contributed by atoms with van der Waals surface area (Å²) in [6.45, 7) is 3.18. The van der Waals surface area contributed by atoms with Gasteiger partial charge in [0.25, 0.3) is 0 Å². The van der Waals surface area contributed by atoms with E-state index in [0.717, 1.165) is 6.54 Å². The van der Waals surface area contributed by atoms with Crippen molar-refractivity contribution in [2.24, 2.45) is 7.05 Å². The monoisotopic (exact) mass is 227 g/mol. The van der Waals surface area contributed by atoms with Crippen molar-refractivity contribution in [2.75, 3.05) is 0 Å². The highest BCUT2D eigenvalue weighted by Crippen LogP contribution is 1.79. The van der Waals surface area contributed by atoms with Crippen LogP contribution in [0.2, 0.25) is 0 Å². The lowest BCUT2D eigenvalue weighted by Gasteiger charge is -1.81. The number of carboxylic acids is 2. The molecule has 0 fully saturated rings. The summed E-state index contributed by atoms with van der Waals surface area (Å²) in [4.78, 5) is 19.1. The summed E-state index contributed by atoms with van der Waals surface area (Å²) in [7, 11) is 2.02. The Morgan fingerprint density at radius 3 is 2.00 bits per heavy atom. The predicted octanol–water partition coefficient (Wildman–Crippen LogP) is 0.0443. The van der Waals surface area contributed by atoms with Crippen LogP contribution in [0.5, 0.6) is 0 Å². The molecule has 1 aromatic heterocycles. The lowest BCUT2D eigenvalue weighted by atomic mass is 10.5. The summed E-state index contributed by atoms with van der Waals surface area (Å²) in [5, 5.41) is 15.6. The molecule has 0 saturated carbocycles. The summed E-state index contributed by atoms with van der Waals surface area (Å²) >= 11 is 0. The molecule has 0 amide bonds. The molecule has 6 heteroatoms. The van der Waals surface area contributed by atoms with Gasteiger partial charge in [0.05, 0.1) is 13.6 Å². The molecule has 1 rings (SSSR count). The molecule has 88 valence electrons. The Balaban J connectivity index is 0.000000281. The van der Waals surface area contributed by atoms with Crippen molar-refractivity contribution in [1.82, 2.24) is 4.57 Å². The topological polar surface area (TPSA) is 83.4 Å². The maximum Gasteiger partial charge on any atom is 0.328 e. The van der Waals surface area contributed by atoms with Crippen molar-refractivity contribution in [3.8, 4) is 0 Å². The number of hydrogen-bond donors (Lipinski definition) is 2. The largest absolute Gasteiger partial charge is 0.478 e. The summed E-state index contributed by atoms with van der Waals surface area (Å²) in [6.07, 6.45) is 7.26. The van der Waals surface area contributed by atoms with Gasteiger partial charge >= 0.3 is 11.9 Å². The molecule has 1 heterocycles. The SMILES string of the molecule is CCn1cc[n+](C)c1.O=C(O)/C=C\C(=O)O. The maximum atomic E-state index is 9.55. The molecule has 16 heavy (non-hydrogen) atoms. The third-order valence-electron chi connectivity index (χ3n) is 1.56. The Morgan fingerprint density at radius 2 is 1.81 bits per heavy atom. The molecule has 0 spiro atoms. The van der Waals surface area contributed by atoms with Crippen LogP contribution in [0, 0.1) is 0 Å². The summed E-state index contributed by atoms with van der Waals surface area (Å²) < 4.78 is 4.16. The van der Waals surface area contributed by atoms with Crippen LogP contribution in [-0.4, -0.2) is 26.7 Å². The highest BCUT2D eigenvalue weighted by Gasteiger charge is 1.92. The number of imidazole rings is 1. The standard InChI is InChI=1S/C6H11N2.C4H4O4/c1-3-8-5-4-7(2)6-8;5-3(6)1-2-4(7)8/h4-6H,3H2,1-2H3;1-2H,(H,5,6)(H,7,8)/q+1;/b;2-1-. The molecule has 0 aliphatic carbocycles. The van der Waals surface area contributed by atoms with Gasteiger partial charge in [-0.25, -0.2) is 18.7 Å². The van der Waals surface area contributed by atoms with Crippen LogP contribution in [0.4, 0.5) is 0 Å². The van der Waals surface area contributed by atoms with Crippen LogP contribution >= 0.6 is 0 Å². The molecule has 0 aliphatic rings. The Bertz CT molecular complexity index is 366. The zero-order valence-corrected chi connectivity index (χ0v) is 9.20. The van der Waals surface area contributed by atoms with Crippen molar-refractivity contribution in [2.45, 2.75) is 13.5 Å². The Hall–Kier alpha value is -2.11. The molecule has 0 bridgehead atoms. The van der Waals surface area contributed by atoms with Crippen molar-refractivity contribution < 1.29 is 24.4 Å². The second kappa shape index (κ2) is 7.22. The van der Waals surface area contributed by atoms with E-state index in [4.69, 9.17) is 10.2 Å². The first-order valence-electron chi connectivity index (χ1n) is 4.60. The number of aliphatic carboxylic acids is 2. The van der Waals surface area contributed by atoms with E-state index in [9.17, 15) is 9.59 Å². The van der Waals surface area contributed by atoms with Gasteiger partial charge in [0, 0.05) is 12.2 Å². The fourth-order valence-corrected chi connectivity index (χ4v) is 0.831. The van der Waals surface area contributed by atoms with Crippen LogP contribution < -0.4 is 4.57 Å². The third kappa shape index (κ3) is 7.31. The molecule has 1 aromatic rings. The lowest BCUT2D eigenvalue weighted by Crippen LogP contribution is -2.23. The average molecular weight is 227 g/mol. The number of carboxylic acid groups (broad SMARTS) is 2. The highest BCUT2D eigenvalue weighted by atomic mass is 16.4. The smallest absolute Gasteiger partial charge is 0.328 e. The molecular formula is C10H15N2O4+. The number of hydrogen-bond acceptors (Lipinski definition) is 2. The van der Waals surface area contributed by atoms with E-state index in [-0.39, 0.29) is 0 Å². The van der Waals surface area contributed by atoms with E-state index in [0.29, 0.717) is 12.2 Å². The van der Waals surface area contributed by atoms with Gasteiger partial charge in [0.15, 0.2) is 0 Å². The molecule has 2 N–H and O–H groups in total. The Labute approximate surface area is 93.1 Å². The van der Waals surface area contributed by atoms with Crippen LogP contribution in [0.15, 0.2) is 30.9 Å². The van der Waals surface area contributed by atoms with Crippen LogP contribution in [0.3, 0.4) is 0 Å². The van der Waals surface area contributed by atoms with Gasteiger partial charge in [-0.2, -0.15) is 0 Å². The first-order chi connectivity index (χ1) is 7.45. The van der Waals surface area contributed by atoms with Crippen molar-refractivity contribution in [1.29, 1.82) is 0 Å². The first kappa shape index (κ1) is 13.9. The minimum absolute atomic E-state index is 0.558. The summed E-state index contributed by atoms with van der Waals surface area (Å²) in [5.41, 5.74) is 0. The van der Waals surface area contributed by atoms with Gasteiger partial charge in [-0.05, 0) is 6.92 Å². The van der Waals surface area contributed by atoms with Gasteiger partial charge < -0.3 is 10.2 Å². The minimum Gasteiger partial charge on any atom is -0.478 e. The van der Waals surface area contributed by atoms with Crippen LogP contribution in [-0.2, 0) is 23.2 Å². The molecule has 6 nitrogen and oxygen atoms in total. The Morgan fingerprint density at radius 1 is 1.31 bits per heavy atom. The maximum absolute atomic E-state index is 9.55. The van der Waals surface area contributed by atoms with Gasteiger partial charge in [-0.15, -0.1) is 0 Å². The van der Waals surface area contributed by atoms with E-state index >= 15 is 0 Å². The van der Waals surface area contributed by atoms with Crippen LogP contribution in [0.1, 0.15) is 6.92 Å². The van der Waals surface area contributed by atoms with E-state index < -0.39 is 11.9 Å². The van der Waals surface area contributed by atoms with E-state index in [1.165, 1.54) is 0 Å². The average Bonchev–Trinajstić information content (AvgIpc) is 2.62. The number of aromatic nitrogens is 2. The van der Waals surface area contributed by atoms with Gasteiger partial charge in [0.1, 0.15) is 12.4 Å². The molecule has 0 saturated heterocycles. The van der Waals surface area contributed by atoms with Gasteiger partial charge in [0.2, 0.25) is 6.33 Å². The zero-order chi connectivity index (χ0) is 12.6. The summed E-state index contributed by atoms with van der Waals surface area (Å²) in [6, 6.07) is 0. The second-order valence-corrected chi connectivity index (χ2v) is 2.92. The quantitative estimate of drug-likeness (QED) is 0.564. The molecule has 0 atom stereocenters. The molecule has 0 aliphatic heterocycles. The fraction of sp³-hybridized carbons (Fsp3) is 0.300. The number of nitrogens with zero attached hydrogens (tertiary/aromatic N) is 2. The number of rotatable bonds is 3. The van der Waals surface area contributed by atoms with Crippen molar-refractivity contribution in [3.05, 3.63) is 30.9 Å². The number of carbonyl (C=O) groups is 2. The predicted molar refractivity (Wildman–Crippen MR) is 55.7 cm³/mol. The third-order valence-corrected chi connectivity index (χ3v) is 1.56. The Kier molecular flexibility index (Phi) is 6.27. The van der Waals surface area contributed by atoms with E-state index in [2.05, 4.69) is 24.0 Å². The molecule has 0 aromatic carbocycles. The van der Waals surface area contributed by atoms with Crippen molar-refractivity contribution in [3.63, 3.8) is 0 Å². The normalized spacial score (nSPS) is 9.62. The van der Waals surface area contributed by atoms with Gasteiger partial charge in [-0.1, -0.05) is 0 Å². The summed E-state index contributed by atoms with van der Waals surface area (Å²) in [5.74, 6) is -2.51. The second-order valence-electron chi connectivity index (χ2n) is 2.92. The van der Waals surface area contributed by atoms with E-state index in [1.54, 1.807) is 0 Å². The van der Waals surface area contributed by atoms with Crippen molar-refractivity contribution >= 4 is 11.9 Å². The molecular weight excluding hydrogens is 212 g/mol. The van der Waals surface area contributed by atoms with Gasteiger partial charge in [-0.3, -0.25) is 0 Å². The van der Waals surface area contributed by atoms with Crippen LogP contribution in [0.25, 0.3) is 0 Å². The minimum atomic E-state index is -1.26.